The highest BCUT2D eigenvalue weighted by Crippen LogP contribution is 2.21. The van der Waals surface area contributed by atoms with Crippen molar-refractivity contribution in [3.8, 4) is 0 Å². The molecule has 3 N–H and O–H groups in total. The molecule has 0 spiro atoms. The van der Waals surface area contributed by atoms with Gasteiger partial charge in [0, 0.05) is 11.1 Å². The molecule has 0 bridgehead atoms. The van der Waals surface area contributed by atoms with E-state index in [0.717, 1.165) is 12.8 Å². The number of amidine groups is 1. The van der Waals surface area contributed by atoms with E-state index in [0.29, 0.717) is 11.1 Å². The number of rotatable bonds is 4. The molecule has 2 rings (SSSR count). The first-order valence-corrected chi connectivity index (χ1v) is 7.08. The summed E-state index contributed by atoms with van der Waals surface area (Å²) in [6.45, 7) is 0.271. The molecule has 0 aromatic heterocycles. The summed E-state index contributed by atoms with van der Waals surface area (Å²) < 4.78 is 19.7. The van der Waals surface area contributed by atoms with Crippen molar-refractivity contribution in [3.63, 3.8) is 0 Å². The number of nitrogens with two attached hydrogens (primary N) is 1. The molecule has 20 heavy (non-hydrogen) atoms. The lowest BCUT2D eigenvalue weighted by molar-refractivity contribution is 0.0295. The zero-order chi connectivity index (χ0) is 14.4. The smallest absolute Gasteiger partial charge is 0.170 e. The van der Waals surface area contributed by atoms with Crippen molar-refractivity contribution < 1.29 is 14.3 Å². The minimum Gasteiger partial charge on any atom is -0.409 e. The van der Waals surface area contributed by atoms with E-state index in [1.807, 2.05) is 0 Å². The first-order valence-electron chi connectivity index (χ1n) is 7.08. The van der Waals surface area contributed by atoms with Gasteiger partial charge >= 0.3 is 0 Å². The van der Waals surface area contributed by atoms with E-state index < -0.39 is 0 Å². The summed E-state index contributed by atoms with van der Waals surface area (Å²) in [6, 6.07) is 4.52. The minimum absolute atomic E-state index is 0.0971. The van der Waals surface area contributed by atoms with Crippen molar-refractivity contribution >= 4 is 5.84 Å². The van der Waals surface area contributed by atoms with Crippen LogP contribution in [0.4, 0.5) is 4.39 Å². The fourth-order valence-corrected chi connectivity index (χ4v) is 2.50. The fraction of sp³-hybridized carbons (Fsp3) is 0.533. The van der Waals surface area contributed by atoms with E-state index >= 15 is 0 Å². The largest absolute Gasteiger partial charge is 0.409 e. The van der Waals surface area contributed by atoms with E-state index in [-0.39, 0.29) is 24.4 Å². The Morgan fingerprint density at radius 2 is 2.00 bits per heavy atom. The molecular weight excluding hydrogens is 259 g/mol. The molecule has 1 aliphatic carbocycles. The minimum atomic E-state index is -0.386. The summed E-state index contributed by atoms with van der Waals surface area (Å²) in [5.74, 6) is -0.483. The molecule has 0 aliphatic heterocycles. The quantitative estimate of drug-likeness (QED) is 0.293. The molecule has 1 aromatic rings. The highest BCUT2D eigenvalue weighted by molar-refractivity contribution is 5.97. The molecule has 1 aromatic carbocycles. The molecule has 0 radical (unpaired) electrons. The third kappa shape index (κ3) is 3.93. The van der Waals surface area contributed by atoms with Crippen molar-refractivity contribution in [2.45, 2.75) is 51.2 Å². The van der Waals surface area contributed by atoms with Gasteiger partial charge in [0.05, 0.1) is 12.7 Å². The monoisotopic (exact) mass is 280 g/mol. The Morgan fingerprint density at radius 1 is 1.30 bits per heavy atom. The van der Waals surface area contributed by atoms with E-state index in [2.05, 4.69) is 5.16 Å². The first-order chi connectivity index (χ1) is 9.70. The van der Waals surface area contributed by atoms with Gasteiger partial charge in [0.1, 0.15) is 5.82 Å². The Kier molecular flexibility index (Phi) is 5.35. The Balaban J connectivity index is 1.95. The predicted molar refractivity (Wildman–Crippen MR) is 75.2 cm³/mol. The topological polar surface area (TPSA) is 67.8 Å². The van der Waals surface area contributed by atoms with Crippen molar-refractivity contribution in [2.24, 2.45) is 10.9 Å². The van der Waals surface area contributed by atoms with Crippen LogP contribution in [-0.2, 0) is 11.3 Å². The van der Waals surface area contributed by atoms with Crippen LogP contribution in [0.3, 0.4) is 0 Å². The second-order valence-corrected chi connectivity index (χ2v) is 5.22. The Morgan fingerprint density at radius 3 is 2.60 bits per heavy atom. The van der Waals surface area contributed by atoms with E-state index in [4.69, 9.17) is 15.7 Å². The van der Waals surface area contributed by atoms with E-state index in [1.54, 1.807) is 12.1 Å². The maximum absolute atomic E-state index is 13.9. The van der Waals surface area contributed by atoms with Gasteiger partial charge in [-0.05, 0) is 18.9 Å². The van der Waals surface area contributed by atoms with Crippen molar-refractivity contribution in [2.75, 3.05) is 0 Å². The predicted octanol–water partition coefficient (Wildman–Crippen LogP) is 3.16. The third-order valence-corrected chi connectivity index (χ3v) is 3.73. The number of halogens is 1. The van der Waals surface area contributed by atoms with Crippen LogP contribution in [0.5, 0.6) is 0 Å². The van der Waals surface area contributed by atoms with Gasteiger partial charge in [-0.25, -0.2) is 4.39 Å². The standard InChI is InChI=1S/C15H21FN2O2/c16-14-9-11(15(17)18-19)7-8-12(14)10-20-13-5-3-1-2-4-6-13/h7-9,13,19H,1-6,10H2,(H2,17,18). The second-order valence-electron chi connectivity index (χ2n) is 5.22. The first kappa shape index (κ1) is 14.8. The summed E-state index contributed by atoms with van der Waals surface area (Å²) in [7, 11) is 0. The van der Waals surface area contributed by atoms with Crippen LogP contribution < -0.4 is 5.73 Å². The molecule has 0 unspecified atom stereocenters. The Bertz CT molecular complexity index is 469. The third-order valence-electron chi connectivity index (χ3n) is 3.73. The Labute approximate surface area is 118 Å². The molecule has 1 saturated carbocycles. The molecule has 1 fully saturated rings. The van der Waals surface area contributed by atoms with Gasteiger partial charge in [-0.1, -0.05) is 43.0 Å². The molecule has 0 amide bonds. The lowest BCUT2D eigenvalue weighted by atomic mass is 10.1. The number of hydrogen-bond donors (Lipinski definition) is 2. The van der Waals surface area contributed by atoms with Crippen LogP contribution in [-0.4, -0.2) is 17.1 Å². The van der Waals surface area contributed by atoms with Crippen molar-refractivity contribution in [1.82, 2.24) is 0 Å². The summed E-state index contributed by atoms with van der Waals surface area (Å²) in [6.07, 6.45) is 7.27. The number of hydrogen-bond acceptors (Lipinski definition) is 3. The van der Waals surface area contributed by atoms with Gasteiger partial charge in [-0.2, -0.15) is 0 Å². The van der Waals surface area contributed by atoms with Crippen LogP contribution in [0.25, 0.3) is 0 Å². The molecule has 110 valence electrons. The molecule has 1 aliphatic rings. The fourth-order valence-electron chi connectivity index (χ4n) is 2.50. The van der Waals surface area contributed by atoms with Crippen LogP contribution in [0.1, 0.15) is 49.7 Å². The van der Waals surface area contributed by atoms with Crippen molar-refractivity contribution in [1.29, 1.82) is 0 Å². The van der Waals surface area contributed by atoms with Crippen LogP contribution >= 0.6 is 0 Å². The van der Waals surface area contributed by atoms with Crippen molar-refractivity contribution in [3.05, 3.63) is 35.1 Å². The summed E-state index contributed by atoms with van der Waals surface area (Å²) in [4.78, 5) is 0. The Hall–Kier alpha value is -1.62. The zero-order valence-electron chi connectivity index (χ0n) is 11.5. The van der Waals surface area contributed by atoms with Gasteiger partial charge in [-0.15, -0.1) is 0 Å². The normalized spacial score (nSPS) is 17.9. The highest BCUT2D eigenvalue weighted by Gasteiger charge is 2.14. The lowest BCUT2D eigenvalue weighted by Crippen LogP contribution is -2.15. The molecule has 0 atom stereocenters. The number of benzene rings is 1. The van der Waals surface area contributed by atoms with Gasteiger partial charge in [0.25, 0.3) is 0 Å². The maximum Gasteiger partial charge on any atom is 0.170 e. The molecular formula is C15H21FN2O2. The van der Waals surface area contributed by atoms with E-state index in [1.165, 1.54) is 31.7 Å². The summed E-state index contributed by atoms with van der Waals surface area (Å²) in [5.41, 5.74) is 6.29. The second kappa shape index (κ2) is 7.24. The van der Waals surface area contributed by atoms with Gasteiger partial charge in [-0.3, -0.25) is 0 Å². The summed E-state index contributed by atoms with van der Waals surface area (Å²) >= 11 is 0. The SMILES string of the molecule is N/C(=N/O)c1ccc(COC2CCCCCC2)c(F)c1. The molecule has 4 nitrogen and oxygen atoms in total. The van der Waals surface area contributed by atoms with Gasteiger partial charge in [0.15, 0.2) is 5.84 Å². The zero-order valence-corrected chi connectivity index (χ0v) is 11.5. The highest BCUT2D eigenvalue weighted by atomic mass is 19.1. The molecule has 0 heterocycles. The number of oxime groups is 1. The maximum atomic E-state index is 13.9. The average Bonchev–Trinajstić information content (AvgIpc) is 2.73. The van der Waals surface area contributed by atoms with Gasteiger partial charge in [0.2, 0.25) is 0 Å². The number of nitrogens with zero attached hydrogens (tertiary/aromatic N) is 1. The van der Waals surface area contributed by atoms with Crippen LogP contribution in [0.15, 0.2) is 23.4 Å². The summed E-state index contributed by atoms with van der Waals surface area (Å²) in [5, 5.41) is 11.4. The van der Waals surface area contributed by atoms with Crippen LogP contribution in [0, 0.1) is 5.82 Å². The number of ether oxygens (including phenoxy) is 1. The van der Waals surface area contributed by atoms with Gasteiger partial charge < -0.3 is 15.7 Å². The van der Waals surface area contributed by atoms with E-state index in [9.17, 15) is 4.39 Å². The van der Waals surface area contributed by atoms with Crippen LogP contribution in [0.2, 0.25) is 0 Å². The molecule has 5 heteroatoms. The average molecular weight is 280 g/mol. The molecule has 0 saturated heterocycles. The lowest BCUT2D eigenvalue weighted by Gasteiger charge is -2.15.